The highest BCUT2D eigenvalue weighted by Gasteiger charge is 2.24. The zero-order chi connectivity index (χ0) is 12.5. The van der Waals surface area contributed by atoms with Crippen molar-refractivity contribution < 1.29 is 9.53 Å². The Morgan fingerprint density at radius 2 is 2.00 bits per heavy atom. The highest BCUT2D eigenvalue weighted by Crippen LogP contribution is 2.26. The van der Waals surface area contributed by atoms with Crippen molar-refractivity contribution >= 4 is 11.8 Å². The molecule has 3 nitrogen and oxygen atoms in total. The summed E-state index contributed by atoms with van der Waals surface area (Å²) >= 11 is 0. The molecule has 1 aromatic rings. The first-order valence-corrected chi connectivity index (χ1v) is 5.74. The lowest BCUT2D eigenvalue weighted by molar-refractivity contribution is 0.0596. The van der Waals surface area contributed by atoms with Crippen molar-refractivity contribution in [3.8, 4) is 0 Å². The van der Waals surface area contributed by atoms with Gasteiger partial charge >= 0.3 is 6.09 Å². The number of nitrogens with zero attached hydrogens (tertiary/aromatic N) is 1. The summed E-state index contributed by atoms with van der Waals surface area (Å²) in [5.74, 6) is 0. The van der Waals surface area contributed by atoms with E-state index < -0.39 is 5.60 Å². The van der Waals surface area contributed by atoms with Gasteiger partial charge in [0, 0.05) is 6.20 Å². The molecule has 1 heterocycles. The molecule has 0 saturated heterocycles. The Morgan fingerprint density at radius 3 is 2.71 bits per heavy atom. The van der Waals surface area contributed by atoms with Crippen molar-refractivity contribution in [2.24, 2.45) is 0 Å². The molecule has 0 fully saturated rings. The van der Waals surface area contributed by atoms with E-state index in [-0.39, 0.29) is 6.09 Å². The molecule has 0 bridgehead atoms. The molecule has 0 atom stereocenters. The number of carbonyl (C=O) groups excluding carboxylic acids is 1. The van der Waals surface area contributed by atoms with Crippen LogP contribution >= 0.6 is 0 Å². The quantitative estimate of drug-likeness (QED) is 0.684. The van der Waals surface area contributed by atoms with Crippen molar-refractivity contribution in [1.29, 1.82) is 0 Å². The van der Waals surface area contributed by atoms with Crippen LogP contribution in [0, 0.1) is 0 Å². The molecular weight excluding hydrogens is 214 g/mol. The first-order valence-electron chi connectivity index (χ1n) is 5.74. The highest BCUT2D eigenvalue weighted by molar-refractivity contribution is 5.91. The number of anilines is 1. The van der Waals surface area contributed by atoms with Crippen molar-refractivity contribution in [2.75, 3.05) is 4.90 Å². The number of para-hydroxylation sites is 1. The molecule has 0 aliphatic carbocycles. The molecule has 90 valence electrons. The molecule has 17 heavy (non-hydrogen) atoms. The van der Waals surface area contributed by atoms with Gasteiger partial charge in [-0.1, -0.05) is 24.3 Å². The summed E-state index contributed by atoms with van der Waals surface area (Å²) in [6.45, 7) is 5.60. The molecule has 0 N–H and O–H groups in total. The van der Waals surface area contributed by atoms with E-state index >= 15 is 0 Å². The molecule has 3 heteroatoms. The summed E-state index contributed by atoms with van der Waals surface area (Å²) in [6.07, 6.45) is 4.26. The fourth-order valence-electron chi connectivity index (χ4n) is 1.75. The van der Waals surface area contributed by atoms with Gasteiger partial charge in [-0.2, -0.15) is 0 Å². The molecule has 0 aromatic heterocycles. The number of hydrogen-bond acceptors (Lipinski definition) is 2. The predicted octanol–water partition coefficient (Wildman–Crippen LogP) is 3.50. The van der Waals surface area contributed by atoms with Crippen LogP contribution in [-0.4, -0.2) is 11.7 Å². The molecule has 1 aromatic carbocycles. The Hall–Kier alpha value is -1.77. The Labute approximate surface area is 102 Å². The van der Waals surface area contributed by atoms with Crippen molar-refractivity contribution in [3.05, 3.63) is 42.1 Å². The Kier molecular flexibility index (Phi) is 2.92. The van der Waals surface area contributed by atoms with E-state index in [4.69, 9.17) is 4.74 Å². The number of rotatable bonds is 0. The van der Waals surface area contributed by atoms with Crippen molar-refractivity contribution in [1.82, 2.24) is 0 Å². The highest BCUT2D eigenvalue weighted by atomic mass is 16.6. The van der Waals surface area contributed by atoms with Gasteiger partial charge in [-0.05, 0) is 38.8 Å². The Morgan fingerprint density at radius 1 is 1.29 bits per heavy atom. The van der Waals surface area contributed by atoms with Gasteiger partial charge in [-0.3, -0.25) is 4.90 Å². The number of ether oxygens (including phenoxy) is 1. The molecular formula is C14H17NO2. The normalized spacial score (nSPS) is 14.4. The van der Waals surface area contributed by atoms with Crippen LogP contribution in [0.3, 0.4) is 0 Å². The van der Waals surface area contributed by atoms with Crippen LogP contribution in [0.25, 0.3) is 0 Å². The minimum Gasteiger partial charge on any atom is -0.443 e. The standard InChI is InChI=1S/C14H17NO2/c1-14(2,3)17-13(16)15-10-6-8-11-7-4-5-9-12(11)15/h4-7,9-10H,8H2,1-3H3. The number of amides is 1. The maximum absolute atomic E-state index is 12.0. The van der Waals surface area contributed by atoms with Gasteiger partial charge in [-0.15, -0.1) is 0 Å². The smallest absolute Gasteiger partial charge is 0.418 e. The van der Waals surface area contributed by atoms with Gasteiger partial charge in [0.2, 0.25) is 0 Å². The number of fused-ring (bicyclic) bond motifs is 1. The number of hydrogen-bond donors (Lipinski definition) is 0. The minimum atomic E-state index is -0.475. The minimum absolute atomic E-state index is 0.332. The second-order valence-electron chi connectivity index (χ2n) is 5.07. The summed E-state index contributed by atoms with van der Waals surface area (Å²) < 4.78 is 5.37. The van der Waals surface area contributed by atoms with Crippen molar-refractivity contribution in [3.63, 3.8) is 0 Å². The largest absolute Gasteiger partial charge is 0.443 e. The topological polar surface area (TPSA) is 29.5 Å². The molecule has 1 aliphatic rings. The third-order valence-corrected chi connectivity index (χ3v) is 2.43. The Balaban J connectivity index is 2.25. The predicted molar refractivity (Wildman–Crippen MR) is 68.0 cm³/mol. The van der Waals surface area contributed by atoms with E-state index in [9.17, 15) is 4.79 Å². The van der Waals surface area contributed by atoms with Crippen LogP contribution in [0.2, 0.25) is 0 Å². The summed E-state index contributed by atoms with van der Waals surface area (Å²) in [4.78, 5) is 13.6. The first kappa shape index (κ1) is 11.7. The van der Waals surface area contributed by atoms with Crippen LogP contribution in [0.1, 0.15) is 26.3 Å². The van der Waals surface area contributed by atoms with Gasteiger partial charge in [0.25, 0.3) is 0 Å². The van der Waals surface area contributed by atoms with E-state index in [2.05, 4.69) is 0 Å². The van der Waals surface area contributed by atoms with Crippen molar-refractivity contribution in [2.45, 2.75) is 32.8 Å². The van der Waals surface area contributed by atoms with Gasteiger partial charge < -0.3 is 4.74 Å². The fraction of sp³-hybridized carbons (Fsp3) is 0.357. The van der Waals surface area contributed by atoms with Gasteiger partial charge in [0.15, 0.2) is 0 Å². The van der Waals surface area contributed by atoms with E-state index in [1.54, 1.807) is 11.1 Å². The lowest BCUT2D eigenvalue weighted by Crippen LogP contribution is -2.34. The van der Waals surface area contributed by atoms with Gasteiger partial charge in [0.05, 0.1) is 5.69 Å². The van der Waals surface area contributed by atoms with Crippen LogP contribution in [0.5, 0.6) is 0 Å². The molecule has 1 amide bonds. The summed E-state index contributed by atoms with van der Waals surface area (Å²) in [5.41, 5.74) is 1.57. The van der Waals surface area contributed by atoms with Crippen LogP contribution in [0.15, 0.2) is 36.5 Å². The molecule has 0 unspecified atom stereocenters. The van der Waals surface area contributed by atoms with E-state index in [0.29, 0.717) is 0 Å². The number of carbonyl (C=O) groups is 1. The third kappa shape index (κ3) is 2.67. The Bertz CT molecular complexity index is 458. The maximum Gasteiger partial charge on any atom is 0.418 e. The molecule has 1 aliphatic heterocycles. The van der Waals surface area contributed by atoms with E-state index in [1.165, 1.54) is 0 Å². The SMILES string of the molecule is CC(C)(C)OC(=O)N1C=CCc2ccccc21. The zero-order valence-corrected chi connectivity index (χ0v) is 10.4. The monoisotopic (exact) mass is 231 g/mol. The van der Waals surface area contributed by atoms with Gasteiger partial charge in [-0.25, -0.2) is 4.79 Å². The third-order valence-electron chi connectivity index (χ3n) is 2.43. The number of benzene rings is 1. The van der Waals surface area contributed by atoms with E-state index in [0.717, 1.165) is 17.7 Å². The summed E-state index contributed by atoms with van der Waals surface area (Å²) in [7, 11) is 0. The maximum atomic E-state index is 12.0. The second-order valence-corrected chi connectivity index (χ2v) is 5.07. The fourth-order valence-corrected chi connectivity index (χ4v) is 1.75. The summed E-state index contributed by atoms with van der Waals surface area (Å²) in [5, 5.41) is 0. The molecule has 2 rings (SSSR count). The van der Waals surface area contributed by atoms with Crippen LogP contribution in [-0.2, 0) is 11.2 Å². The average molecular weight is 231 g/mol. The molecule has 0 radical (unpaired) electrons. The lowest BCUT2D eigenvalue weighted by Gasteiger charge is -2.28. The average Bonchev–Trinajstić information content (AvgIpc) is 2.26. The molecule has 0 spiro atoms. The second kappa shape index (κ2) is 4.24. The lowest BCUT2D eigenvalue weighted by atomic mass is 10.1. The summed E-state index contributed by atoms with van der Waals surface area (Å²) in [6, 6.07) is 7.86. The zero-order valence-electron chi connectivity index (χ0n) is 10.4. The van der Waals surface area contributed by atoms with Gasteiger partial charge in [0.1, 0.15) is 5.60 Å². The van der Waals surface area contributed by atoms with Crippen LogP contribution < -0.4 is 4.90 Å². The van der Waals surface area contributed by atoms with E-state index in [1.807, 2.05) is 51.1 Å². The number of allylic oxidation sites excluding steroid dienone is 1. The van der Waals surface area contributed by atoms with Crippen LogP contribution in [0.4, 0.5) is 10.5 Å². The molecule has 0 saturated carbocycles. The first-order chi connectivity index (χ1) is 7.97.